The Kier molecular flexibility index (Phi) is 3.83. The average Bonchev–Trinajstić information content (AvgIpc) is 2.15. The topological polar surface area (TPSA) is 37.3 Å². The van der Waals surface area contributed by atoms with Gasteiger partial charge in [-0.1, -0.05) is 13.8 Å². The van der Waals surface area contributed by atoms with Gasteiger partial charge in [-0.25, -0.2) is 4.98 Å². The van der Waals surface area contributed by atoms with Crippen molar-refractivity contribution in [2.24, 2.45) is 10.9 Å². The average molecular weight is 205 g/mol. The van der Waals surface area contributed by atoms with Crippen LogP contribution in [-0.2, 0) is 6.42 Å². The molecule has 0 aromatic carbocycles. The molecule has 15 heavy (non-hydrogen) atoms. The molecule has 0 amide bonds. The van der Waals surface area contributed by atoms with Gasteiger partial charge in [0, 0.05) is 12.7 Å². The van der Waals surface area contributed by atoms with Gasteiger partial charge in [0.1, 0.15) is 5.69 Å². The van der Waals surface area contributed by atoms with E-state index in [-0.39, 0.29) is 0 Å². The molecule has 0 saturated heterocycles. The van der Waals surface area contributed by atoms with Crippen molar-refractivity contribution in [1.29, 1.82) is 0 Å². The van der Waals surface area contributed by atoms with E-state index in [1.807, 2.05) is 14.0 Å². The predicted octanol–water partition coefficient (Wildman–Crippen LogP) is 2.96. The van der Waals surface area contributed by atoms with Gasteiger partial charge < -0.3 is 5.32 Å². The Balaban J connectivity index is 3.13. The second-order valence-corrected chi connectivity index (χ2v) is 4.13. The van der Waals surface area contributed by atoms with Gasteiger partial charge in [0.2, 0.25) is 0 Å². The van der Waals surface area contributed by atoms with E-state index in [9.17, 15) is 0 Å². The van der Waals surface area contributed by atoms with Gasteiger partial charge in [-0.15, -0.1) is 0 Å². The second-order valence-electron chi connectivity index (χ2n) is 4.13. The minimum absolute atomic E-state index is 0.615. The highest BCUT2D eigenvalue weighted by molar-refractivity contribution is 5.67. The van der Waals surface area contributed by atoms with Crippen molar-refractivity contribution >= 4 is 18.2 Å². The lowest BCUT2D eigenvalue weighted by Crippen LogP contribution is -2.02. The van der Waals surface area contributed by atoms with Gasteiger partial charge in [0.15, 0.2) is 5.82 Å². The first-order valence-electron chi connectivity index (χ1n) is 5.23. The molecule has 82 valence electrons. The smallest absolute Gasteiger partial charge is 0.152 e. The molecule has 1 aromatic rings. The van der Waals surface area contributed by atoms with Crippen molar-refractivity contribution in [3.8, 4) is 0 Å². The number of hydrogen-bond acceptors (Lipinski definition) is 3. The molecular weight excluding hydrogens is 186 g/mol. The zero-order chi connectivity index (χ0) is 11.4. The molecule has 0 bridgehead atoms. The maximum Gasteiger partial charge on any atom is 0.152 e. The SMILES string of the molecule is C=Nc1c(C)cc(CC(C)C)nc1NC. The molecule has 0 saturated carbocycles. The van der Waals surface area contributed by atoms with Crippen molar-refractivity contribution in [1.82, 2.24) is 4.98 Å². The van der Waals surface area contributed by atoms with Crippen molar-refractivity contribution in [2.45, 2.75) is 27.2 Å². The van der Waals surface area contributed by atoms with E-state index >= 15 is 0 Å². The number of anilines is 1. The van der Waals surface area contributed by atoms with E-state index in [0.717, 1.165) is 29.2 Å². The Labute approximate surface area is 91.7 Å². The van der Waals surface area contributed by atoms with Crippen LogP contribution < -0.4 is 5.32 Å². The number of aliphatic imine (C=N–C) groups is 1. The second kappa shape index (κ2) is 4.91. The van der Waals surface area contributed by atoms with Crippen molar-refractivity contribution in [3.05, 3.63) is 17.3 Å². The summed E-state index contributed by atoms with van der Waals surface area (Å²) in [5.41, 5.74) is 3.09. The molecule has 0 aliphatic heterocycles. The molecule has 0 atom stereocenters. The Morgan fingerprint density at radius 2 is 2.20 bits per heavy atom. The highest BCUT2D eigenvalue weighted by Gasteiger charge is 2.08. The van der Waals surface area contributed by atoms with Gasteiger partial charge in [0.05, 0.1) is 0 Å². The Morgan fingerprint density at radius 1 is 1.53 bits per heavy atom. The number of nitrogens with zero attached hydrogens (tertiary/aromatic N) is 2. The largest absolute Gasteiger partial charge is 0.371 e. The fourth-order valence-electron chi connectivity index (χ4n) is 1.63. The summed E-state index contributed by atoms with van der Waals surface area (Å²) in [6.07, 6.45) is 0.993. The molecule has 1 N–H and O–H groups in total. The van der Waals surface area contributed by atoms with Crippen LogP contribution in [0.2, 0.25) is 0 Å². The van der Waals surface area contributed by atoms with Crippen LogP contribution in [0, 0.1) is 12.8 Å². The Morgan fingerprint density at radius 3 is 2.67 bits per heavy atom. The van der Waals surface area contributed by atoms with Gasteiger partial charge in [-0.05, 0) is 37.6 Å². The molecular formula is C12H19N3. The summed E-state index contributed by atoms with van der Waals surface area (Å²) in [5, 5.41) is 3.06. The van der Waals surface area contributed by atoms with E-state index in [2.05, 4.69) is 41.9 Å². The summed E-state index contributed by atoms with van der Waals surface area (Å²) in [6, 6.07) is 2.09. The summed E-state index contributed by atoms with van der Waals surface area (Å²) in [7, 11) is 1.86. The molecule has 0 spiro atoms. The Hall–Kier alpha value is -1.38. The molecule has 1 heterocycles. The quantitative estimate of drug-likeness (QED) is 0.767. The number of rotatable bonds is 4. The fourth-order valence-corrected chi connectivity index (χ4v) is 1.63. The molecule has 1 aromatic heterocycles. The summed E-state index contributed by atoms with van der Waals surface area (Å²) in [6.45, 7) is 9.98. The van der Waals surface area contributed by atoms with Crippen LogP contribution in [0.3, 0.4) is 0 Å². The minimum atomic E-state index is 0.615. The third-order valence-corrected chi connectivity index (χ3v) is 2.25. The number of aromatic nitrogens is 1. The van der Waals surface area contributed by atoms with Crippen LogP contribution in [0.15, 0.2) is 11.1 Å². The lowest BCUT2D eigenvalue weighted by Gasteiger charge is -2.11. The van der Waals surface area contributed by atoms with Crippen LogP contribution in [0.5, 0.6) is 0 Å². The molecule has 0 aliphatic carbocycles. The third kappa shape index (κ3) is 2.78. The fraction of sp³-hybridized carbons (Fsp3) is 0.500. The van der Waals surface area contributed by atoms with Gasteiger partial charge in [0.25, 0.3) is 0 Å². The van der Waals surface area contributed by atoms with Crippen LogP contribution in [-0.4, -0.2) is 18.7 Å². The highest BCUT2D eigenvalue weighted by atomic mass is 15.0. The summed E-state index contributed by atoms with van der Waals surface area (Å²) < 4.78 is 0. The first-order chi connectivity index (χ1) is 7.08. The maximum absolute atomic E-state index is 4.52. The molecule has 1 rings (SSSR count). The number of nitrogens with one attached hydrogen (secondary N) is 1. The first-order valence-corrected chi connectivity index (χ1v) is 5.23. The maximum atomic E-state index is 4.52. The molecule has 0 radical (unpaired) electrons. The standard InChI is InChI=1S/C12H19N3/c1-8(2)6-10-7-9(3)11(13-4)12(14-5)15-10/h7-8H,4,6H2,1-3,5H3,(H,14,15). The van der Waals surface area contributed by atoms with E-state index in [0.29, 0.717) is 5.92 Å². The van der Waals surface area contributed by atoms with Crippen molar-refractivity contribution in [3.63, 3.8) is 0 Å². The summed E-state index contributed by atoms with van der Waals surface area (Å²) in [4.78, 5) is 8.50. The predicted molar refractivity (Wildman–Crippen MR) is 66.3 cm³/mol. The molecule has 0 aliphatic rings. The lowest BCUT2D eigenvalue weighted by atomic mass is 10.1. The van der Waals surface area contributed by atoms with E-state index in [1.165, 1.54) is 0 Å². The molecule has 0 unspecified atom stereocenters. The van der Waals surface area contributed by atoms with Gasteiger partial charge in [-0.2, -0.15) is 0 Å². The number of pyridine rings is 1. The van der Waals surface area contributed by atoms with E-state index in [1.54, 1.807) is 0 Å². The van der Waals surface area contributed by atoms with E-state index in [4.69, 9.17) is 0 Å². The van der Waals surface area contributed by atoms with Crippen molar-refractivity contribution in [2.75, 3.05) is 12.4 Å². The summed E-state index contributed by atoms with van der Waals surface area (Å²) >= 11 is 0. The van der Waals surface area contributed by atoms with E-state index < -0.39 is 0 Å². The van der Waals surface area contributed by atoms with Crippen LogP contribution in [0.4, 0.5) is 11.5 Å². The Bertz CT molecular complexity index is 356. The number of aryl methyl sites for hydroxylation is 1. The van der Waals surface area contributed by atoms with Gasteiger partial charge in [-0.3, -0.25) is 4.99 Å². The van der Waals surface area contributed by atoms with Crippen LogP contribution in [0.1, 0.15) is 25.1 Å². The highest BCUT2D eigenvalue weighted by Crippen LogP contribution is 2.27. The van der Waals surface area contributed by atoms with Gasteiger partial charge >= 0.3 is 0 Å². The van der Waals surface area contributed by atoms with Crippen molar-refractivity contribution < 1.29 is 0 Å². The number of hydrogen-bond donors (Lipinski definition) is 1. The zero-order valence-corrected chi connectivity index (χ0v) is 9.96. The normalized spacial score (nSPS) is 10.5. The zero-order valence-electron chi connectivity index (χ0n) is 9.96. The summed E-state index contributed by atoms with van der Waals surface area (Å²) in [5.74, 6) is 1.43. The minimum Gasteiger partial charge on any atom is -0.371 e. The van der Waals surface area contributed by atoms with Crippen LogP contribution >= 0.6 is 0 Å². The molecule has 3 nitrogen and oxygen atoms in total. The molecule has 0 fully saturated rings. The molecule has 3 heteroatoms. The third-order valence-electron chi connectivity index (χ3n) is 2.25. The monoisotopic (exact) mass is 205 g/mol. The first kappa shape index (κ1) is 11.7. The van der Waals surface area contributed by atoms with Crippen LogP contribution in [0.25, 0.3) is 0 Å². The lowest BCUT2D eigenvalue weighted by molar-refractivity contribution is 0.635.